The smallest absolute Gasteiger partial charge is 0.246 e. The number of carbonyl (C=O) groups excluding carboxylic acids is 1. The fourth-order valence-corrected chi connectivity index (χ4v) is 6.03. The maximum atomic E-state index is 13.5. The Morgan fingerprint density at radius 1 is 1.50 bits per heavy atom. The van der Waals surface area contributed by atoms with Gasteiger partial charge in [-0.25, -0.2) is 4.39 Å². The van der Waals surface area contributed by atoms with Crippen molar-refractivity contribution in [3.63, 3.8) is 0 Å². The molecule has 1 aliphatic rings. The van der Waals surface area contributed by atoms with Crippen molar-refractivity contribution in [1.82, 2.24) is 18.8 Å². The van der Waals surface area contributed by atoms with E-state index in [-0.39, 0.29) is 23.5 Å². The number of hydrogen-bond acceptors (Lipinski definition) is 6. The number of aromatic nitrogens is 2. The molecule has 0 bridgehead atoms. The molecule has 1 amide bonds. The lowest BCUT2D eigenvalue weighted by molar-refractivity contribution is -0.120. The quantitative estimate of drug-likeness (QED) is 0.399. The number of thiophene rings is 1. The number of rotatable bonds is 6. The zero-order chi connectivity index (χ0) is 22.8. The number of nitrogens with zero attached hydrogens (tertiary/aromatic N) is 3. The van der Waals surface area contributed by atoms with Gasteiger partial charge in [0.2, 0.25) is 5.91 Å². The van der Waals surface area contributed by atoms with E-state index in [1.165, 1.54) is 18.2 Å². The molecule has 1 aromatic carbocycles. The van der Waals surface area contributed by atoms with E-state index in [1.54, 1.807) is 32.6 Å². The Balaban J connectivity index is 1.55. The van der Waals surface area contributed by atoms with Gasteiger partial charge >= 0.3 is 0 Å². The lowest BCUT2D eigenvalue weighted by Gasteiger charge is -2.37. The summed E-state index contributed by atoms with van der Waals surface area (Å²) in [6.45, 7) is 3.97. The standard InChI is InChI=1S/C21H21ClFN5O2S2/c1-3-8-28-18(21(29)25-14-4-5-16(23)15(22)9-14)10-17(26-32(28)30)20-7-6-19(31-20)13-11-24-27(2)12-13/h3-7,9,11-12,17-18,26H,1,8,10H2,2H3,(H,25,29). The first-order chi connectivity index (χ1) is 15.4. The third-order valence-corrected chi connectivity index (χ3v) is 7.87. The van der Waals surface area contributed by atoms with Gasteiger partial charge in [0, 0.05) is 40.7 Å². The van der Waals surface area contributed by atoms with Gasteiger partial charge in [-0.3, -0.25) is 9.48 Å². The summed E-state index contributed by atoms with van der Waals surface area (Å²) in [5, 5.41) is 6.88. The first kappa shape index (κ1) is 23.0. The molecule has 0 radical (unpaired) electrons. The second kappa shape index (κ2) is 9.74. The van der Waals surface area contributed by atoms with Crippen LogP contribution in [0.4, 0.5) is 10.1 Å². The molecule has 4 rings (SSSR count). The topological polar surface area (TPSA) is 85.2 Å². The molecule has 3 aromatic rings. The predicted molar refractivity (Wildman–Crippen MR) is 126 cm³/mol. The molecule has 1 aliphatic heterocycles. The minimum Gasteiger partial charge on any atom is -0.579 e. The highest BCUT2D eigenvalue weighted by Gasteiger charge is 2.43. The molecule has 3 unspecified atom stereocenters. The van der Waals surface area contributed by atoms with Crippen LogP contribution in [-0.2, 0) is 23.4 Å². The summed E-state index contributed by atoms with van der Waals surface area (Å²) in [7, 11) is 1.86. The third-order valence-electron chi connectivity index (χ3n) is 5.02. The van der Waals surface area contributed by atoms with Crippen LogP contribution in [0.15, 0.2) is 55.4 Å². The zero-order valence-electron chi connectivity index (χ0n) is 17.1. The Morgan fingerprint density at radius 2 is 2.31 bits per heavy atom. The van der Waals surface area contributed by atoms with E-state index in [1.807, 2.05) is 25.4 Å². The Morgan fingerprint density at radius 3 is 3.00 bits per heavy atom. The molecule has 0 saturated carbocycles. The summed E-state index contributed by atoms with van der Waals surface area (Å²) >= 11 is 5.79. The molecule has 1 saturated heterocycles. The lowest BCUT2D eigenvalue weighted by Crippen LogP contribution is -2.57. The summed E-state index contributed by atoms with van der Waals surface area (Å²) in [4.78, 5) is 15.1. The van der Waals surface area contributed by atoms with Gasteiger partial charge in [0.25, 0.3) is 0 Å². The summed E-state index contributed by atoms with van der Waals surface area (Å²) in [5.74, 6) is -0.915. The van der Waals surface area contributed by atoms with Crippen molar-refractivity contribution in [2.24, 2.45) is 7.05 Å². The average Bonchev–Trinajstić information content (AvgIpc) is 3.41. The van der Waals surface area contributed by atoms with Crippen molar-refractivity contribution in [2.75, 3.05) is 11.9 Å². The van der Waals surface area contributed by atoms with E-state index in [0.29, 0.717) is 12.1 Å². The lowest BCUT2D eigenvalue weighted by atomic mass is 10.0. The SMILES string of the molecule is C=CCN1C(C(=O)Nc2ccc(F)c(Cl)c2)CC(c2ccc(-c3cnn(C)c3)s2)N[S+]1[O-]. The summed E-state index contributed by atoms with van der Waals surface area (Å²) in [5.41, 5.74) is 1.37. The van der Waals surface area contributed by atoms with E-state index in [0.717, 1.165) is 15.3 Å². The number of anilines is 1. The molecule has 0 aliphatic carbocycles. The highest BCUT2D eigenvalue weighted by atomic mass is 35.5. The van der Waals surface area contributed by atoms with Crippen LogP contribution in [0.1, 0.15) is 17.3 Å². The largest absolute Gasteiger partial charge is 0.579 e. The van der Waals surface area contributed by atoms with Crippen LogP contribution in [0.3, 0.4) is 0 Å². The Bertz CT molecular complexity index is 1140. The molecule has 7 nitrogen and oxygen atoms in total. The van der Waals surface area contributed by atoms with Crippen LogP contribution in [0.25, 0.3) is 10.4 Å². The van der Waals surface area contributed by atoms with E-state index in [2.05, 4.69) is 21.7 Å². The maximum absolute atomic E-state index is 13.5. The predicted octanol–water partition coefficient (Wildman–Crippen LogP) is 4.05. The molecule has 1 fully saturated rings. The number of benzene rings is 1. The van der Waals surface area contributed by atoms with Crippen LogP contribution >= 0.6 is 22.9 Å². The molecular weight excluding hydrogens is 473 g/mol. The first-order valence-electron chi connectivity index (χ1n) is 9.76. The highest BCUT2D eigenvalue weighted by Crippen LogP contribution is 2.36. The molecular formula is C21H21ClFN5O2S2. The minimum atomic E-state index is -1.60. The van der Waals surface area contributed by atoms with Gasteiger partial charge in [-0.1, -0.05) is 22.0 Å². The van der Waals surface area contributed by atoms with E-state index < -0.39 is 23.4 Å². The van der Waals surface area contributed by atoms with Gasteiger partial charge in [0.15, 0.2) is 0 Å². The summed E-state index contributed by atoms with van der Waals surface area (Å²) in [6.07, 6.45) is 5.71. The van der Waals surface area contributed by atoms with Crippen molar-refractivity contribution in [3.05, 3.63) is 71.1 Å². The number of carbonyl (C=O) groups is 1. The summed E-state index contributed by atoms with van der Waals surface area (Å²) < 4.78 is 32.8. The molecule has 168 valence electrons. The number of halogens is 2. The van der Waals surface area contributed by atoms with E-state index in [9.17, 15) is 13.7 Å². The van der Waals surface area contributed by atoms with Gasteiger partial charge in [-0.2, -0.15) is 5.10 Å². The average molecular weight is 494 g/mol. The Kier molecular flexibility index (Phi) is 6.99. The van der Waals surface area contributed by atoms with Crippen molar-refractivity contribution in [2.45, 2.75) is 18.5 Å². The van der Waals surface area contributed by atoms with Gasteiger partial charge in [0.05, 0.1) is 23.8 Å². The fraction of sp³-hybridized carbons (Fsp3) is 0.238. The van der Waals surface area contributed by atoms with Gasteiger partial charge in [-0.15, -0.1) is 22.6 Å². The second-order valence-electron chi connectivity index (χ2n) is 7.28. The first-order valence-corrected chi connectivity index (χ1v) is 12.1. The molecule has 2 N–H and O–H groups in total. The Labute approximate surface area is 197 Å². The van der Waals surface area contributed by atoms with Crippen molar-refractivity contribution in [1.29, 1.82) is 0 Å². The number of aryl methyl sites for hydroxylation is 1. The molecule has 0 spiro atoms. The maximum Gasteiger partial charge on any atom is 0.246 e. The van der Waals surface area contributed by atoms with Crippen LogP contribution in [0.2, 0.25) is 5.02 Å². The number of amides is 1. The molecule has 2 aromatic heterocycles. The van der Waals surface area contributed by atoms with Crippen molar-refractivity contribution in [3.8, 4) is 10.4 Å². The van der Waals surface area contributed by atoms with Crippen LogP contribution in [0.5, 0.6) is 0 Å². The van der Waals surface area contributed by atoms with Crippen molar-refractivity contribution >= 4 is 46.1 Å². The Hall–Kier alpha value is -2.21. The fourth-order valence-electron chi connectivity index (χ4n) is 3.47. The van der Waals surface area contributed by atoms with Gasteiger partial charge in [0.1, 0.15) is 23.4 Å². The summed E-state index contributed by atoms with van der Waals surface area (Å²) in [6, 6.07) is 6.97. The number of hydrogen-bond donors (Lipinski definition) is 2. The molecule has 3 heterocycles. The van der Waals surface area contributed by atoms with Crippen LogP contribution < -0.4 is 10.0 Å². The van der Waals surface area contributed by atoms with Crippen molar-refractivity contribution < 1.29 is 13.7 Å². The minimum absolute atomic E-state index is 0.0842. The molecule has 32 heavy (non-hydrogen) atoms. The third kappa shape index (κ3) is 4.90. The highest BCUT2D eigenvalue weighted by molar-refractivity contribution is 7.87. The second-order valence-corrected chi connectivity index (χ2v) is 10.0. The monoisotopic (exact) mass is 493 g/mol. The zero-order valence-corrected chi connectivity index (χ0v) is 19.5. The number of nitrogens with one attached hydrogen (secondary N) is 2. The van der Waals surface area contributed by atoms with Crippen LogP contribution in [-0.4, -0.2) is 37.1 Å². The molecule has 11 heteroatoms. The normalized spacial score (nSPS) is 21.4. The van der Waals surface area contributed by atoms with E-state index in [4.69, 9.17) is 11.6 Å². The van der Waals surface area contributed by atoms with Gasteiger partial charge in [-0.05, 0) is 30.3 Å². The van der Waals surface area contributed by atoms with Crippen LogP contribution in [0, 0.1) is 5.82 Å². The van der Waals surface area contributed by atoms with E-state index >= 15 is 0 Å². The van der Waals surface area contributed by atoms with Gasteiger partial charge < -0.3 is 9.87 Å². The molecule has 3 atom stereocenters.